The number of hydrogen-bond acceptors (Lipinski definition) is 3. The smallest absolute Gasteiger partial charge is 0.227 e. The molecular formula is C23H22N2O. The first-order valence-electron chi connectivity index (χ1n) is 11.8. The van der Waals surface area contributed by atoms with Gasteiger partial charge in [-0.1, -0.05) is 25.0 Å². The van der Waals surface area contributed by atoms with Gasteiger partial charge in [0.1, 0.15) is 5.58 Å². The lowest BCUT2D eigenvalue weighted by atomic mass is 10.0. The number of benzene rings is 1. The Kier molecular flexibility index (Phi) is 2.39. The number of hydrogen-bond donors (Lipinski definition) is 0. The highest BCUT2D eigenvalue weighted by Gasteiger charge is 2.20. The zero-order valence-electron chi connectivity index (χ0n) is 20.5. The van der Waals surface area contributed by atoms with Crippen LogP contribution in [0.5, 0.6) is 0 Å². The Balaban J connectivity index is 1.66. The molecular weight excluding hydrogens is 320 g/mol. The SMILES string of the molecule is [2H]C([2H])([2H])c1cnc(-c2cccc3c2oc2nc(C4([2H])CCCC4([2H])[2H])ccc23)cc1C. The van der Waals surface area contributed by atoms with E-state index >= 15 is 0 Å². The lowest BCUT2D eigenvalue weighted by Gasteiger charge is -2.06. The van der Waals surface area contributed by atoms with E-state index in [1.54, 1.807) is 19.1 Å². The summed E-state index contributed by atoms with van der Waals surface area (Å²) in [6.45, 7) is -0.471. The van der Waals surface area contributed by atoms with Crippen LogP contribution in [-0.4, -0.2) is 9.97 Å². The topological polar surface area (TPSA) is 38.9 Å². The Morgan fingerprint density at radius 3 is 2.96 bits per heavy atom. The maximum Gasteiger partial charge on any atom is 0.227 e. The van der Waals surface area contributed by atoms with Crippen molar-refractivity contribution in [3.8, 4) is 11.3 Å². The summed E-state index contributed by atoms with van der Waals surface area (Å²) in [5.74, 6) is -1.40. The van der Waals surface area contributed by atoms with Crippen LogP contribution in [0, 0.1) is 13.8 Å². The van der Waals surface area contributed by atoms with Crippen molar-refractivity contribution in [1.82, 2.24) is 9.97 Å². The fraction of sp³-hybridized carbons (Fsp3) is 0.304. The third-order valence-electron chi connectivity index (χ3n) is 5.00. The van der Waals surface area contributed by atoms with Crippen molar-refractivity contribution in [1.29, 1.82) is 0 Å². The summed E-state index contributed by atoms with van der Waals surface area (Å²) in [6, 6.07) is 11.0. The molecule has 0 N–H and O–H groups in total. The summed E-state index contributed by atoms with van der Waals surface area (Å²) in [7, 11) is 0. The number of rotatable bonds is 2. The summed E-state index contributed by atoms with van der Waals surface area (Å²) in [5.41, 5.74) is 3.48. The molecule has 1 atom stereocenters. The molecule has 1 fully saturated rings. The Bertz CT molecular complexity index is 1360. The van der Waals surface area contributed by atoms with E-state index in [0.29, 0.717) is 47.5 Å². The van der Waals surface area contributed by atoms with Gasteiger partial charge >= 0.3 is 0 Å². The fourth-order valence-electron chi connectivity index (χ4n) is 3.56. The van der Waals surface area contributed by atoms with Crippen molar-refractivity contribution in [3.05, 3.63) is 59.4 Å². The summed E-state index contributed by atoms with van der Waals surface area (Å²) in [6.07, 6.45) is 1.16. The van der Waals surface area contributed by atoms with E-state index in [2.05, 4.69) is 9.97 Å². The van der Waals surface area contributed by atoms with Crippen molar-refractivity contribution in [3.63, 3.8) is 0 Å². The van der Waals surface area contributed by atoms with Crippen molar-refractivity contribution < 1.29 is 12.6 Å². The Labute approximate surface area is 161 Å². The highest BCUT2D eigenvalue weighted by atomic mass is 16.3. The van der Waals surface area contributed by atoms with Crippen LogP contribution >= 0.6 is 0 Å². The predicted octanol–water partition coefficient (Wildman–Crippen LogP) is 6.32. The third kappa shape index (κ3) is 2.42. The molecule has 3 nitrogen and oxygen atoms in total. The van der Waals surface area contributed by atoms with E-state index in [9.17, 15) is 0 Å². The van der Waals surface area contributed by atoms with Gasteiger partial charge in [0.05, 0.1) is 5.69 Å². The number of aromatic nitrogens is 2. The average molecular weight is 348 g/mol. The first-order valence-corrected chi connectivity index (χ1v) is 8.82. The third-order valence-corrected chi connectivity index (χ3v) is 5.00. The van der Waals surface area contributed by atoms with Gasteiger partial charge < -0.3 is 4.42 Å². The van der Waals surface area contributed by atoms with E-state index in [-0.39, 0.29) is 5.56 Å². The molecule has 26 heavy (non-hydrogen) atoms. The van der Waals surface area contributed by atoms with Gasteiger partial charge in [-0.3, -0.25) is 4.98 Å². The van der Waals surface area contributed by atoms with Gasteiger partial charge in [0.25, 0.3) is 0 Å². The number of para-hydroxylation sites is 1. The van der Waals surface area contributed by atoms with Crippen LogP contribution in [0.15, 0.2) is 47.0 Å². The maximum atomic E-state index is 8.77. The molecule has 0 radical (unpaired) electrons. The van der Waals surface area contributed by atoms with Gasteiger partial charge in [-0.2, -0.15) is 0 Å². The minimum atomic E-state index is -2.22. The first kappa shape index (κ1) is 10.5. The zero-order chi connectivity index (χ0) is 22.9. The Morgan fingerprint density at radius 1 is 1.19 bits per heavy atom. The molecule has 130 valence electrons. The number of pyridine rings is 2. The summed E-state index contributed by atoms with van der Waals surface area (Å²) in [5, 5.41) is 1.62. The Morgan fingerprint density at radius 2 is 2.15 bits per heavy atom. The molecule has 5 rings (SSSR count). The predicted molar refractivity (Wildman–Crippen MR) is 105 cm³/mol. The molecule has 0 bridgehead atoms. The second-order valence-electron chi connectivity index (χ2n) is 6.73. The minimum absolute atomic E-state index is 0.218. The molecule has 4 aromatic rings. The van der Waals surface area contributed by atoms with E-state index in [4.69, 9.17) is 12.6 Å². The molecule has 3 heterocycles. The highest BCUT2D eigenvalue weighted by Crippen LogP contribution is 2.37. The number of furan rings is 1. The molecule has 1 saturated carbocycles. The van der Waals surface area contributed by atoms with Gasteiger partial charge in [-0.15, -0.1) is 0 Å². The second kappa shape index (κ2) is 5.94. The fourth-order valence-corrected chi connectivity index (χ4v) is 3.56. The van der Waals surface area contributed by atoms with E-state index in [0.717, 1.165) is 16.3 Å². The average Bonchev–Trinajstić information content (AvgIpc) is 3.23. The van der Waals surface area contributed by atoms with Gasteiger partial charge in [0.15, 0.2) is 0 Å². The normalized spacial score (nSPS) is 26.0. The standard InChI is InChI=1S/C23H22N2O/c1-14-12-21(24-13-15(14)2)19-9-5-8-17-18-10-11-20(16-6-3-4-7-16)25-23(18)26-22(17)19/h5,8-13,16H,3-4,6-7H2,1-2H3/i2D3,6D2,16D. The second-order valence-corrected chi connectivity index (χ2v) is 6.73. The van der Waals surface area contributed by atoms with Crippen LogP contribution < -0.4 is 0 Å². The van der Waals surface area contributed by atoms with Crippen LogP contribution in [0.25, 0.3) is 33.3 Å². The van der Waals surface area contributed by atoms with Crippen LogP contribution in [-0.2, 0) is 0 Å². The number of nitrogens with zero attached hydrogens (tertiary/aromatic N) is 2. The first-order chi connectivity index (χ1) is 15.0. The lowest BCUT2D eigenvalue weighted by Crippen LogP contribution is -1.95. The van der Waals surface area contributed by atoms with Crippen molar-refractivity contribution in [2.75, 3.05) is 0 Å². The maximum absolute atomic E-state index is 8.77. The van der Waals surface area contributed by atoms with Gasteiger partial charge in [-0.25, -0.2) is 4.98 Å². The monoisotopic (exact) mass is 348 g/mol. The van der Waals surface area contributed by atoms with E-state index in [1.807, 2.05) is 24.3 Å². The number of aryl methyl sites for hydroxylation is 2. The molecule has 0 aliphatic heterocycles. The van der Waals surface area contributed by atoms with E-state index < -0.39 is 19.1 Å². The molecule has 3 heteroatoms. The highest BCUT2D eigenvalue weighted by molar-refractivity contribution is 6.08. The largest absolute Gasteiger partial charge is 0.437 e. The van der Waals surface area contributed by atoms with Gasteiger partial charge in [0, 0.05) is 42.3 Å². The van der Waals surface area contributed by atoms with Crippen LogP contribution in [0.2, 0.25) is 0 Å². The quantitative estimate of drug-likeness (QED) is 0.425. The molecule has 1 unspecified atom stereocenters. The summed E-state index contributed by atoms with van der Waals surface area (Å²) < 4.78 is 54.4. The van der Waals surface area contributed by atoms with Crippen molar-refractivity contribution in [2.45, 2.75) is 45.3 Å². The van der Waals surface area contributed by atoms with Crippen molar-refractivity contribution >= 4 is 22.1 Å². The molecule has 3 aromatic heterocycles. The van der Waals surface area contributed by atoms with Gasteiger partial charge in [-0.05, 0) is 62.0 Å². The Hall–Kier alpha value is -2.68. The molecule has 0 spiro atoms. The molecule has 0 saturated heterocycles. The zero-order valence-corrected chi connectivity index (χ0v) is 14.5. The summed E-state index contributed by atoms with van der Waals surface area (Å²) in [4.78, 5) is 8.96. The molecule has 1 aliphatic rings. The van der Waals surface area contributed by atoms with Crippen LogP contribution in [0.1, 0.15) is 56.6 Å². The number of fused-ring (bicyclic) bond motifs is 3. The molecule has 0 amide bonds. The minimum Gasteiger partial charge on any atom is -0.437 e. The summed E-state index contributed by atoms with van der Waals surface area (Å²) >= 11 is 0. The van der Waals surface area contributed by atoms with Crippen LogP contribution in [0.4, 0.5) is 0 Å². The van der Waals surface area contributed by atoms with E-state index in [1.165, 1.54) is 6.20 Å². The van der Waals surface area contributed by atoms with Crippen molar-refractivity contribution in [2.24, 2.45) is 0 Å². The van der Waals surface area contributed by atoms with Gasteiger partial charge in [0.2, 0.25) is 5.71 Å². The lowest BCUT2D eigenvalue weighted by molar-refractivity contribution is 0.638. The molecule has 1 aliphatic carbocycles. The molecule has 1 aromatic carbocycles. The van der Waals surface area contributed by atoms with Crippen LogP contribution in [0.3, 0.4) is 0 Å².